The number of fused-ring (bicyclic) bond motifs is 1. The lowest BCUT2D eigenvalue weighted by Gasteiger charge is -2.15. The van der Waals surface area contributed by atoms with E-state index in [1.807, 2.05) is 66.7 Å². The molecule has 0 radical (unpaired) electrons. The summed E-state index contributed by atoms with van der Waals surface area (Å²) < 4.78 is 0. The molecule has 1 aromatic heterocycles. The molecular formula is C50H32N4. The maximum absolute atomic E-state index is 9.88. The number of hydrogen-bond donors (Lipinski definition) is 0. The summed E-state index contributed by atoms with van der Waals surface area (Å²) in [5, 5.41) is 12.3. The van der Waals surface area contributed by atoms with Gasteiger partial charge < -0.3 is 0 Å². The summed E-state index contributed by atoms with van der Waals surface area (Å²) in [5.41, 5.74) is 11.6. The Morgan fingerprint density at radius 1 is 0.296 bits per heavy atom. The van der Waals surface area contributed by atoms with Gasteiger partial charge in [0.2, 0.25) is 0 Å². The van der Waals surface area contributed by atoms with Crippen LogP contribution in [0.15, 0.2) is 194 Å². The van der Waals surface area contributed by atoms with E-state index in [0.717, 1.165) is 61.2 Å². The lowest BCUT2D eigenvalue weighted by molar-refractivity contribution is 1.07. The van der Waals surface area contributed by atoms with Crippen molar-refractivity contribution in [1.82, 2.24) is 15.0 Å². The van der Waals surface area contributed by atoms with Crippen LogP contribution in [-0.4, -0.2) is 15.0 Å². The highest BCUT2D eigenvalue weighted by Gasteiger charge is 2.18. The van der Waals surface area contributed by atoms with Crippen molar-refractivity contribution >= 4 is 10.8 Å². The average molecular weight is 689 g/mol. The van der Waals surface area contributed by atoms with Gasteiger partial charge in [-0.05, 0) is 79.5 Å². The van der Waals surface area contributed by atoms with Crippen molar-refractivity contribution in [2.45, 2.75) is 0 Å². The minimum absolute atomic E-state index is 0.550. The lowest BCUT2D eigenvalue weighted by Crippen LogP contribution is -2.01. The first kappa shape index (κ1) is 32.4. The molecule has 0 atom stereocenters. The summed E-state index contributed by atoms with van der Waals surface area (Å²) >= 11 is 0. The molecular weight excluding hydrogens is 657 g/mol. The van der Waals surface area contributed by atoms with Gasteiger partial charge >= 0.3 is 0 Å². The van der Waals surface area contributed by atoms with E-state index < -0.39 is 0 Å². The van der Waals surface area contributed by atoms with E-state index in [-0.39, 0.29) is 0 Å². The van der Waals surface area contributed by atoms with Crippen molar-refractivity contribution < 1.29 is 0 Å². The molecule has 1 heterocycles. The third-order valence-electron chi connectivity index (χ3n) is 9.79. The van der Waals surface area contributed by atoms with Crippen LogP contribution >= 0.6 is 0 Å². The Balaban J connectivity index is 1.25. The molecule has 0 unspecified atom stereocenters. The molecule has 9 rings (SSSR count). The van der Waals surface area contributed by atoms with Crippen LogP contribution in [0.1, 0.15) is 5.56 Å². The second-order valence-electron chi connectivity index (χ2n) is 13.2. The monoisotopic (exact) mass is 688 g/mol. The van der Waals surface area contributed by atoms with Gasteiger partial charge in [-0.15, -0.1) is 0 Å². The van der Waals surface area contributed by atoms with Crippen molar-refractivity contribution in [3.05, 3.63) is 200 Å². The Labute approximate surface area is 314 Å². The van der Waals surface area contributed by atoms with Crippen LogP contribution in [0, 0.1) is 11.3 Å². The first-order valence-electron chi connectivity index (χ1n) is 17.9. The Morgan fingerprint density at radius 2 is 0.833 bits per heavy atom. The van der Waals surface area contributed by atoms with E-state index in [9.17, 15) is 5.26 Å². The van der Waals surface area contributed by atoms with Gasteiger partial charge in [-0.3, -0.25) is 0 Å². The van der Waals surface area contributed by atoms with Gasteiger partial charge in [0.05, 0.1) is 11.6 Å². The number of nitriles is 1. The SMILES string of the molecule is N#Cc1ccccc1-c1cccc(-c2nc(-c3ccc(-c4ccccc4)cc3)nc(-c3cc(-c4ccc5ccccc5c4)ccc3-c3ccccc3)n2)c1. The number of hydrogen-bond acceptors (Lipinski definition) is 4. The number of nitrogens with zero attached hydrogens (tertiary/aromatic N) is 4. The molecule has 0 amide bonds. The first-order chi connectivity index (χ1) is 26.7. The maximum atomic E-state index is 9.88. The maximum Gasteiger partial charge on any atom is 0.164 e. The van der Waals surface area contributed by atoms with Gasteiger partial charge in [0, 0.05) is 16.7 Å². The molecule has 9 aromatic rings. The predicted octanol–water partition coefficient (Wildman–Crippen LogP) is 12.6. The normalized spacial score (nSPS) is 10.9. The van der Waals surface area contributed by atoms with Crippen molar-refractivity contribution in [3.63, 3.8) is 0 Å². The van der Waals surface area contributed by atoms with E-state index in [2.05, 4.69) is 133 Å². The van der Waals surface area contributed by atoms with E-state index in [0.29, 0.717) is 23.0 Å². The molecule has 0 saturated heterocycles. The van der Waals surface area contributed by atoms with Crippen molar-refractivity contribution in [3.8, 4) is 84.7 Å². The molecule has 54 heavy (non-hydrogen) atoms. The zero-order valence-electron chi connectivity index (χ0n) is 29.3. The molecule has 0 aliphatic carbocycles. The molecule has 0 fully saturated rings. The average Bonchev–Trinajstić information content (AvgIpc) is 3.26. The van der Waals surface area contributed by atoms with E-state index >= 15 is 0 Å². The molecule has 4 heteroatoms. The Hall–Kier alpha value is -7.48. The molecule has 0 N–H and O–H groups in total. The summed E-state index contributed by atoms with van der Waals surface area (Å²) in [7, 11) is 0. The third-order valence-corrected chi connectivity index (χ3v) is 9.79. The van der Waals surface area contributed by atoms with Crippen LogP contribution in [0.25, 0.3) is 89.4 Å². The first-order valence-corrected chi connectivity index (χ1v) is 17.9. The fourth-order valence-electron chi connectivity index (χ4n) is 7.00. The van der Waals surface area contributed by atoms with Crippen molar-refractivity contribution in [1.29, 1.82) is 5.26 Å². The quantitative estimate of drug-likeness (QED) is 0.167. The Kier molecular flexibility index (Phi) is 8.57. The highest BCUT2D eigenvalue weighted by atomic mass is 15.0. The fraction of sp³-hybridized carbons (Fsp3) is 0. The van der Waals surface area contributed by atoms with Gasteiger partial charge in [0.25, 0.3) is 0 Å². The van der Waals surface area contributed by atoms with E-state index in [1.165, 1.54) is 10.8 Å². The van der Waals surface area contributed by atoms with Crippen LogP contribution in [0.3, 0.4) is 0 Å². The predicted molar refractivity (Wildman–Crippen MR) is 220 cm³/mol. The standard InChI is InChI=1S/C50H32N4/c51-33-44-18-9-10-21-45(44)42-19-11-20-43(31-42)49-52-48(38-25-22-36(23-26-38)34-12-3-1-4-13-34)53-50(54-49)47-32-41(28-29-46(47)37-15-5-2-6-16-37)40-27-24-35-14-7-8-17-39(35)30-40/h1-32H. The zero-order chi connectivity index (χ0) is 36.3. The van der Waals surface area contributed by atoms with Gasteiger partial charge in [0.15, 0.2) is 17.5 Å². The summed E-state index contributed by atoms with van der Waals surface area (Å²) in [5.74, 6) is 1.70. The number of benzene rings is 8. The molecule has 4 nitrogen and oxygen atoms in total. The molecule has 0 aliphatic rings. The van der Waals surface area contributed by atoms with Gasteiger partial charge in [0.1, 0.15) is 0 Å². The Bertz CT molecular complexity index is 2820. The minimum atomic E-state index is 0.550. The minimum Gasteiger partial charge on any atom is -0.208 e. The zero-order valence-corrected chi connectivity index (χ0v) is 29.3. The molecule has 8 aromatic carbocycles. The summed E-state index contributed by atoms with van der Waals surface area (Å²) in [6.45, 7) is 0. The number of rotatable bonds is 7. The van der Waals surface area contributed by atoms with Crippen LogP contribution in [0.5, 0.6) is 0 Å². The smallest absolute Gasteiger partial charge is 0.164 e. The largest absolute Gasteiger partial charge is 0.208 e. The third kappa shape index (κ3) is 6.43. The highest BCUT2D eigenvalue weighted by Crippen LogP contribution is 2.37. The Morgan fingerprint density at radius 3 is 1.61 bits per heavy atom. The molecule has 0 spiro atoms. The summed E-state index contributed by atoms with van der Waals surface area (Å²) in [4.78, 5) is 15.6. The van der Waals surface area contributed by atoms with Gasteiger partial charge in [-0.25, -0.2) is 15.0 Å². The van der Waals surface area contributed by atoms with Gasteiger partial charge in [-0.2, -0.15) is 5.26 Å². The van der Waals surface area contributed by atoms with Crippen molar-refractivity contribution in [2.24, 2.45) is 0 Å². The van der Waals surface area contributed by atoms with E-state index in [1.54, 1.807) is 0 Å². The van der Waals surface area contributed by atoms with Crippen LogP contribution in [0.4, 0.5) is 0 Å². The van der Waals surface area contributed by atoms with Gasteiger partial charge in [-0.1, -0.05) is 170 Å². The van der Waals surface area contributed by atoms with Crippen LogP contribution < -0.4 is 0 Å². The number of aromatic nitrogens is 3. The fourth-order valence-corrected chi connectivity index (χ4v) is 7.00. The lowest BCUT2D eigenvalue weighted by atomic mass is 9.93. The molecule has 0 saturated carbocycles. The molecule has 0 bridgehead atoms. The topological polar surface area (TPSA) is 62.5 Å². The summed E-state index contributed by atoms with van der Waals surface area (Å²) in [6, 6.07) is 68.7. The molecule has 0 aliphatic heterocycles. The van der Waals surface area contributed by atoms with E-state index in [4.69, 9.17) is 15.0 Å². The second-order valence-corrected chi connectivity index (χ2v) is 13.2. The summed E-state index contributed by atoms with van der Waals surface area (Å²) in [6.07, 6.45) is 0. The van der Waals surface area contributed by atoms with Crippen LogP contribution in [0.2, 0.25) is 0 Å². The highest BCUT2D eigenvalue weighted by molar-refractivity contribution is 5.90. The second kappa shape index (κ2) is 14.3. The van der Waals surface area contributed by atoms with Crippen LogP contribution in [-0.2, 0) is 0 Å². The molecule has 252 valence electrons. The van der Waals surface area contributed by atoms with Crippen molar-refractivity contribution in [2.75, 3.05) is 0 Å².